The van der Waals surface area contributed by atoms with E-state index < -0.39 is 0 Å². The minimum atomic E-state index is -0.372. The maximum atomic E-state index is 12.2. The van der Waals surface area contributed by atoms with Gasteiger partial charge in [0.15, 0.2) is 0 Å². The number of aromatic amines is 1. The lowest BCUT2D eigenvalue weighted by Crippen LogP contribution is -2.40. The third-order valence-corrected chi connectivity index (χ3v) is 4.58. The first kappa shape index (κ1) is 16.3. The van der Waals surface area contributed by atoms with E-state index in [2.05, 4.69) is 9.72 Å². The number of benzene rings is 1. The molecule has 2 aromatic rings. The summed E-state index contributed by atoms with van der Waals surface area (Å²) < 4.78 is 6.35. The number of fused-ring (bicyclic) bond motifs is 1. The fourth-order valence-corrected chi connectivity index (χ4v) is 3.28. The highest BCUT2D eigenvalue weighted by atomic mass is 16.5. The van der Waals surface area contributed by atoms with Gasteiger partial charge >= 0.3 is 11.7 Å². The number of imidazole rings is 1. The average Bonchev–Trinajstić information content (AvgIpc) is 2.95. The summed E-state index contributed by atoms with van der Waals surface area (Å²) >= 11 is 0. The van der Waals surface area contributed by atoms with E-state index in [1.807, 2.05) is 24.3 Å². The van der Waals surface area contributed by atoms with E-state index in [4.69, 9.17) is 0 Å². The topological polar surface area (TPSA) is 84.4 Å². The summed E-state index contributed by atoms with van der Waals surface area (Å²) in [6, 6.07) is 7.71. The molecule has 1 amide bonds. The molecule has 1 fully saturated rings. The summed E-state index contributed by atoms with van der Waals surface area (Å²) in [5.41, 5.74) is 1.63. The number of ether oxygens (including phenoxy) is 1. The lowest BCUT2D eigenvalue weighted by Gasteiger charge is -2.32. The highest BCUT2D eigenvalue weighted by Crippen LogP contribution is 2.25. The molecule has 1 saturated heterocycles. The van der Waals surface area contributed by atoms with E-state index in [-0.39, 0.29) is 36.4 Å². The highest BCUT2D eigenvalue weighted by Gasteiger charge is 2.26. The molecule has 24 heavy (non-hydrogen) atoms. The summed E-state index contributed by atoms with van der Waals surface area (Å²) in [4.78, 5) is 40.1. The van der Waals surface area contributed by atoms with Crippen molar-refractivity contribution in [3.8, 4) is 0 Å². The van der Waals surface area contributed by atoms with Crippen molar-refractivity contribution in [1.82, 2.24) is 14.5 Å². The zero-order valence-electron chi connectivity index (χ0n) is 13.7. The van der Waals surface area contributed by atoms with Crippen molar-refractivity contribution in [3.63, 3.8) is 0 Å². The van der Waals surface area contributed by atoms with Crippen LogP contribution in [0.2, 0.25) is 0 Å². The Morgan fingerprint density at radius 1 is 1.21 bits per heavy atom. The summed E-state index contributed by atoms with van der Waals surface area (Å²) in [5, 5.41) is 0. The van der Waals surface area contributed by atoms with Crippen LogP contribution in [0, 0.1) is 0 Å². The van der Waals surface area contributed by atoms with Crippen molar-refractivity contribution in [2.24, 2.45) is 0 Å². The van der Waals surface area contributed by atoms with Gasteiger partial charge in [-0.15, -0.1) is 0 Å². The predicted molar refractivity (Wildman–Crippen MR) is 88.7 cm³/mol. The molecule has 0 radical (unpaired) electrons. The SMILES string of the molecule is COC(=O)CCC(=O)N1CCC(n2c(=O)[nH]c3ccccc32)CC1. The molecule has 128 valence electrons. The molecule has 1 aliphatic heterocycles. The van der Waals surface area contributed by atoms with Gasteiger partial charge in [-0.3, -0.25) is 14.2 Å². The average molecular weight is 331 g/mol. The Kier molecular flexibility index (Phi) is 4.69. The number of H-pyrrole nitrogens is 1. The van der Waals surface area contributed by atoms with Crippen molar-refractivity contribution < 1.29 is 14.3 Å². The molecule has 0 atom stereocenters. The van der Waals surface area contributed by atoms with Crippen LogP contribution in [0.5, 0.6) is 0 Å². The number of nitrogens with zero attached hydrogens (tertiary/aromatic N) is 2. The first-order valence-corrected chi connectivity index (χ1v) is 8.14. The van der Waals surface area contributed by atoms with E-state index in [0.29, 0.717) is 13.1 Å². The number of amides is 1. The summed E-state index contributed by atoms with van der Waals surface area (Å²) in [6.45, 7) is 1.19. The van der Waals surface area contributed by atoms with Gasteiger partial charge in [-0.1, -0.05) is 12.1 Å². The predicted octanol–water partition coefficient (Wildman–Crippen LogP) is 1.45. The minimum Gasteiger partial charge on any atom is -0.469 e. The molecular formula is C17H21N3O4. The largest absolute Gasteiger partial charge is 0.469 e. The second-order valence-electron chi connectivity index (χ2n) is 6.01. The molecule has 1 aromatic carbocycles. The van der Waals surface area contributed by atoms with E-state index >= 15 is 0 Å². The molecule has 2 heterocycles. The molecular weight excluding hydrogens is 310 g/mol. The zero-order valence-corrected chi connectivity index (χ0v) is 13.7. The van der Waals surface area contributed by atoms with Crippen LogP contribution < -0.4 is 5.69 Å². The molecule has 0 spiro atoms. The number of likely N-dealkylation sites (tertiary alicyclic amines) is 1. The maximum absolute atomic E-state index is 12.2. The summed E-state index contributed by atoms with van der Waals surface area (Å²) in [7, 11) is 1.32. The number of hydrogen-bond donors (Lipinski definition) is 1. The van der Waals surface area contributed by atoms with Crippen molar-refractivity contribution >= 4 is 22.9 Å². The van der Waals surface area contributed by atoms with Gasteiger partial charge in [0.1, 0.15) is 0 Å². The normalized spacial score (nSPS) is 15.6. The second-order valence-corrected chi connectivity index (χ2v) is 6.01. The third kappa shape index (κ3) is 3.20. The molecule has 0 unspecified atom stereocenters. The van der Waals surface area contributed by atoms with Gasteiger partial charge in [0, 0.05) is 25.6 Å². The Hall–Kier alpha value is -2.57. The van der Waals surface area contributed by atoms with Crippen LogP contribution in [0.25, 0.3) is 11.0 Å². The number of rotatable bonds is 4. The Morgan fingerprint density at radius 3 is 2.62 bits per heavy atom. The maximum Gasteiger partial charge on any atom is 0.326 e. The number of nitrogens with one attached hydrogen (secondary N) is 1. The first-order valence-electron chi connectivity index (χ1n) is 8.14. The van der Waals surface area contributed by atoms with Crippen LogP contribution in [0.4, 0.5) is 0 Å². The van der Waals surface area contributed by atoms with Gasteiger partial charge in [-0.2, -0.15) is 0 Å². The zero-order chi connectivity index (χ0) is 17.1. The van der Waals surface area contributed by atoms with Crippen LogP contribution in [0.3, 0.4) is 0 Å². The van der Waals surface area contributed by atoms with E-state index in [0.717, 1.165) is 23.9 Å². The van der Waals surface area contributed by atoms with Crippen LogP contribution in [0.15, 0.2) is 29.1 Å². The van der Waals surface area contributed by atoms with Crippen molar-refractivity contribution in [2.75, 3.05) is 20.2 Å². The standard InChI is InChI=1S/C17H21N3O4/c1-24-16(22)7-6-15(21)19-10-8-12(9-11-19)20-14-5-3-2-4-13(14)18-17(20)23/h2-5,12H,6-11H2,1H3,(H,18,23). The smallest absolute Gasteiger partial charge is 0.326 e. The molecule has 7 nitrogen and oxygen atoms in total. The highest BCUT2D eigenvalue weighted by molar-refractivity contribution is 5.81. The Bertz CT molecular complexity index is 800. The molecule has 3 rings (SSSR count). The first-order chi connectivity index (χ1) is 11.6. The fraction of sp³-hybridized carbons (Fsp3) is 0.471. The van der Waals surface area contributed by atoms with Gasteiger partial charge in [-0.05, 0) is 25.0 Å². The number of carbonyl (C=O) groups is 2. The summed E-state index contributed by atoms with van der Waals surface area (Å²) in [5.74, 6) is -0.409. The van der Waals surface area contributed by atoms with Gasteiger partial charge in [0.05, 0.1) is 24.6 Å². The molecule has 0 saturated carbocycles. The van der Waals surface area contributed by atoms with Gasteiger partial charge in [-0.25, -0.2) is 4.79 Å². The lowest BCUT2D eigenvalue weighted by atomic mass is 10.0. The molecule has 0 bridgehead atoms. The molecule has 1 aliphatic rings. The Balaban J connectivity index is 1.64. The van der Waals surface area contributed by atoms with Crippen molar-refractivity contribution in [2.45, 2.75) is 31.7 Å². The van der Waals surface area contributed by atoms with Gasteiger partial charge in [0.2, 0.25) is 5.91 Å². The van der Waals surface area contributed by atoms with Crippen molar-refractivity contribution in [3.05, 3.63) is 34.7 Å². The van der Waals surface area contributed by atoms with Gasteiger partial charge in [0.25, 0.3) is 0 Å². The number of piperidine rings is 1. The molecule has 7 heteroatoms. The second kappa shape index (κ2) is 6.90. The van der Waals surface area contributed by atoms with E-state index in [1.165, 1.54) is 7.11 Å². The molecule has 1 aromatic heterocycles. The Labute approximate surface area is 139 Å². The molecule has 1 N–H and O–H groups in total. The number of para-hydroxylation sites is 2. The number of hydrogen-bond acceptors (Lipinski definition) is 4. The van der Waals surface area contributed by atoms with Crippen LogP contribution in [0.1, 0.15) is 31.7 Å². The quantitative estimate of drug-likeness (QED) is 0.859. The van der Waals surface area contributed by atoms with Gasteiger partial charge < -0.3 is 14.6 Å². The monoisotopic (exact) mass is 331 g/mol. The fourth-order valence-electron chi connectivity index (χ4n) is 3.28. The Morgan fingerprint density at radius 2 is 1.92 bits per heavy atom. The van der Waals surface area contributed by atoms with Crippen molar-refractivity contribution in [1.29, 1.82) is 0 Å². The third-order valence-electron chi connectivity index (χ3n) is 4.58. The van der Waals surface area contributed by atoms with Crippen LogP contribution >= 0.6 is 0 Å². The number of aromatic nitrogens is 2. The minimum absolute atomic E-state index is 0.0369. The van der Waals surface area contributed by atoms with E-state index in [1.54, 1.807) is 9.47 Å². The lowest BCUT2D eigenvalue weighted by molar-refractivity contribution is -0.143. The van der Waals surface area contributed by atoms with E-state index in [9.17, 15) is 14.4 Å². The summed E-state index contributed by atoms with van der Waals surface area (Å²) in [6.07, 6.45) is 1.74. The number of carbonyl (C=O) groups excluding carboxylic acids is 2. The van der Waals surface area contributed by atoms with Crippen LogP contribution in [-0.2, 0) is 14.3 Å². The molecule has 0 aliphatic carbocycles. The van der Waals surface area contributed by atoms with Crippen LogP contribution in [-0.4, -0.2) is 46.5 Å². The number of esters is 1. The number of methoxy groups -OCH3 is 1.